The van der Waals surface area contributed by atoms with Crippen molar-refractivity contribution in [3.05, 3.63) is 45.5 Å². The quantitative estimate of drug-likeness (QED) is 0.278. The lowest BCUT2D eigenvalue weighted by molar-refractivity contribution is -0.149. The van der Waals surface area contributed by atoms with Gasteiger partial charge in [0.1, 0.15) is 34.3 Å². The number of aryl methyl sites for hydroxylation is 2. The Morgan fingerprint density at radius 3 is 2.15 bits per heavy atom. The number of aromatic amines is 1. The van der Waals surface area contributed by atoms with E-state index in [4.69, 9.17) is 32.7 Å². The van der Waals surface area contributed by atoms with E-state index in [1.165, 1.54) is 18.3 Å². The van der Waals surface area contributed by atoms with Gasteiger partial charge in [-0.2, -0.15) is 0 Å². The van der Waals surface area contributed by atoms with Gasteiger partial charge in [0.2, 0.25) is 0 Å². The monoisotopic (exact) mass is 572 g/mol. The summed E-state index contributed by atoms with van der Waals surface area (Å²) < 4.78 is 12.3. The van der Waals surface area contributed by atoms with E-state index in [9.17, 15) is 9.59 Å². The minimum absolute atomic E-state index is 0.0932. The Labute approximate surface area is 235 Å². The molecule has 4 heterocycles. The van der Waals surface area contributed by atoms with E-state index in [2.05, 4.69) is 29.5 Å². The SMILES string of the molecule is CCOC(=O)C1CCc2[nH]c3ncnc(Cl)c3c2C1.CCOC(=O)C1CCc2c(c3c(Cl)ncnc3n2C)C1. The number of carbonyl (C=O) groups excluding carboxylic acids is 2. The van der Waals surface area contributed by atoms with Gasteiger partial charge in [-0.3, -0.25) is 9.59 Å². The predicted octanol–water partition coefficient (Wildman–Crippen LogP) is 4.57. The smallest absolute Gasteiger partial charge is 0.309 e. The lowest BCUT2D eigenvalue weighted by Gasteiger charge is -2.21. The molecule has 6 rings (SSSR count). The van der Waals surface area contributed by atoms with Crippen LogP contribution in [-0.2, 0) is 51.8 Å². The number of hydrogen-bond acceptors (Lipinski definition) is 8. The second-order valence-electron chi connectivity index (χ2n) is 9.70. The normalized spacial score (nSPS) is 18.2. The van der Waals surface area contributed by atoms with Crippen LogP contribution in [0.4, 0.5) is 0 Å². The summed E-state index contributed by atoms with van der Waals surface area (Å²) in [5.74, 6) is -0.439. The van der Waals surface area contributed by atoms with Gasteiger partial charge in [-0.25, -0.2) is 19.9 Å². The summed E-state index contributed by atoms with van der Waals surface area (Å²) in [4.78, 5) is 43.6. The van der Waals surface area contributed by atoms with Gasteiger partial charge in [0.25, 0.3) is 0 Å². The number of carbonyl (C=O) groups is 2. The Hall–Kier alpha value is -3.24. The highest BCUT2D eigenvalue weighted by Gasteiger charge is 2.31. The third-order valence-corrected chi connectivity index (χ3v) is 8.08. The minimum Gasteiger partial charge on any atom is -0.466 e. The summed E-state index contributed by atoms with van der Waals surface area (Å²) in [6, 6.07) is 0. The zero-order chi connectivity index (χ0) is 27.7. The average Bonchev–Trinajstić information content (AvgIpc) is 3.45. The molecule has 0 aliphatic heterocycles. The van der Waals surface area contributed by atoms with Crippen molar-refractivity contribution in [1.82, 2.24) is 29.5 Å². The Morgan fingerprint density at radius 2 is 1.49 bits per heavy atom. The first-order valence-corrected chi connectivity index (χ1v) is 13.9. The number of esters is 2. The van der Waals surface area contributed by atoms with E-state index < -0.39 is 0 Å². The Bertz CT molecular complexity index is 1550. The van der Waals surface area contributed by atoms with Gasteiger partial charge in [-0.15, -0.1) is 0 Å². The first kappa shape index (κ1) is 27.3. The number of aromatic nitrogens is 6. The third-order valence-electron chi connectivity index (χ3n) is 7.50. The number of hydrogen-bond donors (Lipinski definition) is 1. The molecule has 1 N–H and O–H groups in total. The summed E-state index contributed by atoms with van der Waals surface area (Å²) in [5, 5.41) is 2.61. The van der Waals surface area contributed by atoms with Crippen LogP contribution >= 0.6 is 23.2 Å². The molecule has 0 fully saturated rings. The summed E-state index contributed by atoms with van der Waals surface area (Å²) in [5.41, 5.74) is 6.04. The van der Waals surface area contributed by atoms with Crippen molar-refractivity contribution in [3.8, 4) is 0 Å². The van der Waals surface area contributed by atoms with Crippen molar-refractivity contribution < 1.29 is 19.1 Å². The van der Waals surface area contributed by atoms with Crippen LogP contribution in [0.2, 0.25) is 10.3 Å². The van der Waals surface area contributed by atoms with Crippen LogP contribution in [-0.4, -0.2) is 54.6 Å². The minimum atomic E-state index is -0.129. The molecule has 39 heavy (non-hydrogen) atoms. The van der Waals surface area contributed by atoms with Crippen molar-refractivity contribution in [3.63, 3.8) is 0 Å². The number of halogens is 2. The standard InChI is InChI=1S/C14H16ClN3O2.C13H14ClN3O2/c1-3-20-14(19)8-4-5-10-9(6-8)11-12(15)16-7-17-13(11)18(10)2;1-2-19-13(18)7-3-4-9-8(5-7)10-11(14)15-6-16-12(10)17-9/h7-8H,3-6H2,1-2H3;6-7H,2-5H2,1H3,(H,15,16,17). The molecule has 0 radical (unpaired) electrons. The van der Waals surface area contributed by atoms with Crippen LogP contribution in [0, 0.1) is 11.8 Å². The first-order valence-electron chi connectivity index (χ1n) is 13.1. The average molecular weight is 573 g/mol. The Morgan fingerprint density at radius 1 is 0.897 bits per heavy atom. The molecular weight excluding hydrogens is 543 g/mol. The zero-order valence-electron chi connectivity index (χ0n) is 22.1. The highest BCUT2D eigenvalue weighted by Crippen LogP contribution is 2.36. The molecule has 12 heteroatoms. The van der Waals surface area contributed by atoms with Crippen molar-refractivity contribution in [1.29, 1.82) is 0 Å². The molecule has 0 amide bonds. The lowest BCUT2D eigenvalue weighted by atomic mass is 9.86. The Balaban J connectivity index is 0.000000158. The molecule has 4 aromatic rings. The highest BCUT2D eigenvalue weighted by atomic mass is 35.5. The third kappa shape index (κ3) is 5.19. The maximum Gasteiger partial charge on any atom is 0.309 e. The molecule has 0 saturated carbocycles. The number of H-pyrrole nitrogens is 1. The van der Waals surface area contributed by atoms with E-state index >= 15 is 0 Å². The van der Waals surface area contributed by atoms with Gasteiger partial charge in [-0.1, -0.05) is 23.2 Å². The van der Waals surface area contributed by atoms with Crippen molar-refractivity contribution in [2.75, 3.05) is 13.2 Å². The molecule has 2 atom stereocenters. The molecule has 0 bridgehead atoms. The molecule has 10 nitrogen and oxygen atoms in total. The second-order valence-corrected chi connectivity index (χ2v) is 10.4. The fourth-order valence-corrected chi connectivity index (χ4v) is 6.16. The molecule has 2 aliphatic rings. The first-order chi connectivity index (χ1) is 18.8. The fraction of sp³-hybridized carbons (Fsp3) is 0.481. The van der Waals surface area contributed by atoms with Crippen molar-refractivity contribution >= 4 is 57.2 Å². The fourth-order valence-electron chi connectivity index (χ4n) is 5.67. The van der Waals surface area contributed by atoms with E-state index in [1.54, 1.807) is 0 Å². The molecular formula is C27H30Cl2N6O4. The number of fused-ring (bicyclic) bond motifs is 6. The van der Waals surface area contributed by atoms with Crippen LogP contribution in [0.5, 0.6) is 0 Å². The van der Waals surface area contributed by atoms with Gasteiger partial charge < -0.3 is 19.0 Å². The number of ether oxygens (including phenoxy) is 2. The number of nitrogens with one attached hydrogen (secondary N) is 1. The maximum atomic E-state index is 11.9. The van der Waals surface area contributed by atoms with Crippen molar-refractivity contribution in [2.45, 2.75) is 52.4 Å². The molecule has 0 saturated heterocycles. The van der Waals surface area contributed by atoms with Crippen LogP contribution < -0.4 is 0 Å². The summed E-state index contributed by atoms with van der Waals surface area (Å²) >= 11 is 12.4. The van der Waals surface area contributed by atoms with E-state index in [-0.39, 0.29) is 23.8 Å². The molecule has 2 aliphatic carbocycles. The van der Waals surface area contributed by atoms with Gasteiger partial charge in [0.15, 0.2) is 0 Å². The van der Waals surface area contributed by atoms with Gasteiger partial charge in [0, 0.05) is 18.4 Å². The van der Waals surface area contributed by atoms with E-state index in [0.29, 0.717) is 36.4 Å². The Kier molecular flexibility index (Phi) is 8.04. The number of nitrogens with zero attached hydrogens (tertiary/aromatic N) is 5. The molecule has 0 aromatic carbocycles. The summed E-state index contributed by atoms with van der Waals surface area (Å²) in [7, 11) is 1.98. The van der Waals surface area contributed by atoms with E-state index in [1.807, 2.05) is 20.9 Å². The largest absolute Gasteiger partial charge is 0.466 e. The van der Waals surface area contributed by atoms with E-state index in [0.717, 1.165) is 64.6 Å². The predicted molar refractivity (Wildman–Crippen MR) is 147 cm³/mol. The highest BCUT2D eigenvalue weighted by molar-refractivity contribution is 6.34. The van der Waals surface area contributed by atoms with Gasteiger partial charge in [-0.05, 0) is 63.5 Å². The summed E-state index contributed by atoms with van der Waals surface area (Å²) in [6.45, 7) is 4.48. The molecule has 206 valence electrons. The lowest BCUT2D eigenvalue weighted by Crippen LogP contribution is -2.25. The van der Waals surface area contributed by atoms with Crippen LogP contribution in [0.15, 0.2) is 12.7 Å². The zero-order valence-corrected chi connectivity index (χ0v) is 23.6. The number of rotatable bonds is 4. The van der Waals surface area contributed by atoms with Crippen molar-refractivity contribution in [2.24, 2.45) is 18.9 Å². The molecule has 0 spiro atoms. The second kappa shape index (κ2) is 11.5. The topological polar surface area (TPSA) is 125 Å². The van der Waals surface area contributed by atoms with Crippen LogP contribution in [0.3, 0.4) is 0 Å². The van der Waals surface area contributed by atoms with Gasteiger partial charge >= 0.3 is 11.9 Å². The molecule has 2 unspecified atom stereocenters. The van der Waals surface area contributed by atoms with Gasteiger partial charge in [0.05, 0.1) is 35.8 Å². The van der Waals surface area contributed by atoms with Crippen LogP contribution in [0.25, 0.3) is 22.1 Å². The molecule has 4 aromatic heterocycles. The summed E-state index contributed by atoms with van der Waals surface area (Å²) in [6.07, 6.45) is 7.45. The maximum absolute atomic E-state index is 11.9. The van der Waals surface area contributed by atoms with Crippen LogP contribution in [0.1, 0.15) is 49.2 Å².